The van der Waals surface area contributed by atoms with Crippen molar-refractivity contribution in [2.24, 2.45) is 0 Å². The third-order valence-corrected chi connectivity index (χ3v) is 2.69. The molecule has 0 radical (unpaired) electrons. The van der Waals surface area contributed by atoms with Crippen LogP contribution < -0.4 is 0 Å². The lowest BCUT2D eigenvalue weighted by molar-refractivity contribution is 0.134. The van der Waals surface area contributed by atoms with Crippen molar-refractivity contribution in [3.63, 3.8) is 0 Å². The number of aliphatic hydroxyl groups excluding tert-OH is 1. The van der Waals surface area contributed by atoms with Crippen molar-refractivity contribution in [1.29, 1.82) is 0 Å². The first-order chi connectivity index (χ1) is 7.31. The molecule has 1 aliphatic rings. The molecular formula is C13H14O2. The Bertz CT molecular complexity index is 390. The van der Waals surface area contributed by atoms with E-state index in [2.05, 4.69) is 5.92 Å². The first-order valence-corrected chi connectivity index (χ1v) is 5.12. The Morgan fingerprint density at radius 2 is 2.20 bits per heavy atom. The molecule has 1 heterocycles. The highest BCUT2D eigenvalue weighted by atomic mass is 16.5. The van der Waals surface area contributed by atoms with Crippen molar-refractivity contribution in [2.45, 2.75) is 32.2 Å². The number of rotatable bonds is 3. The van der Waals surface area contributed by atoms with Gasteiger partial charge in [-0.3, -0.25) is 0 Å². The average molecular weight is 202 g/mol. The minimum atomic E-state index is -0.452. The molecule has 0 spiro atoms. The van der Waals surface area contributed by atoms with Gasteiger partial charge in [0.25, 0.3) is 0 Å². The summed E-state index contributed by atoms with van der Waals surface area (Å²) in [5.41, 5.74) is 3.35. The van der Waals surface area contributed by atoms with Crippen molar-refractivity contribution in [2.75, 3.05) is 0 Å². The first-order valence-electron chi connectivity index (χ1n) is 5.12. The molecule has 1 N–H and O–H groups in total. The average Bonchev–Trinajstić information content (AvgIpc) is 2.72. The summed E-state index contributed by atoms with van der Waals surface area (Å²) in [5.74, 6) is 2.54. The van der Waals surface area contributed by atoms with Crippen molar-refractivity contribution in [3.8, 4) is 12.3 Å². The molecule has 78 valence electrons. The lowest BCUT2D eigenvalue weighted by Crippen LogP contribution is -1.98. The van der Waals surface area contributed by atoms with E-state index in [0.717, 1.165) is 5.56 Å². The summed E-state index contributed by atoms with van der Waals surface area (Å²) in [6, 6.07) is 6.00. The van der Waals surface area contributed by atoms with E-state index in [1.54, 1.807) is 0 Å². The zero-order chi connectivity index (χ0) is 10.7. The number of hydrogen-bond donors (Lipinski definition) is 1. The minimum absolute atomic E-state index is 0.452. The quantitative estimate of drug-likeness (QED) is 0.761. The van der Waals surface area contributed by atoms with Gasteiger partial charge in [-0.25, -0.2) is 0 Å². The van der Waals surface area contributed by atoms with E-state index in [1.165, 1.54) is 11.1 Å². The van der Waals surface area contributed by atoms with Crippen LogP contribution in [-0.2, 0) is 18.0 Å². The topological polar surface area (TPSA) is 29.5 Å². The zero-order valence-electron chi connectivity index (χ0n) is 8.57. The van der Waals surface area contributed by atoms with E-state index in [0.29, 0.717) is 26.1 Å². The van der Waals surface area contributed by atoms with Crippen LogP contribution in [0.5, 0.6) is 0 Å². The standard InChI is InChI=1S/C13H14O2/c1-2-3-4-13(14)10-5-6-11-8-15-9-12(11)7-10/h1,5-7,13-14H,3-4,8-9H2. The normalized spacial score (nSPS) is 15.7. The van der Waals surface area contributed by atoms with Crippen LogP contribution in [0.4, 0.5) is 0 Å². The van der Waals surface area contributed by atoms with Crippen LogP contribution in [-0.4, -0.2) is 5.11 Å². The molecule has 0 aromatic heterocycles. The molecule has 2 heteroatoms. The highest BCUT2D eigenvalue weighted by Crippen LogP contribution is 2.25. The summed E-state index contributed by atoms with van der Waals surface area (Å²) < 4.78 is 5.32. The fourth-order valence-electron chi connectivity index (χ4n) is 1.79. The molecule has 2 nitrogen and oxygen atoms in total. The number of aliphatic hydroxyl groups is 1. The first kappa shape index (κ1) is 10.2. The molecule has 0 saturated heterocycles. The zero-order valence-corrected chi connectivity index (χ0v) is 8.57. The van der Waals surface area contributed by atoms with Gasteiger partial charge in [-0.2, -0.15) is 0 Å². The monoisotopic (exact) mass is 202 g/mol. The predicted molar refractivity (Wildman–Crippen MR) is 58.0 cm³/mol. The molecule has 1 aromatic rings. The lowest BCUT2D eigenvalue weighted by atomic mass is 10.0. The fourth-order valence-corrected chi connectivity index (χ4v) is 1.79. The summed E-state index contributed by atoms with van der Waals surface area (Å²) in [5, 5.41) is 9.85. The summed E-state index contributed by atoms with van der Waals surface area (Å²) in [6.07, 6.45) is 5.94. The van der Waals surface area contributed by atoms with Gasteiger partial charge in [-0.1, -0.05) is 18.2 Å². The largest absolute Gasteiger partial charge is 0.388 e. The van der Waals surface area contributed by atoms with Crippen molar-refractivity contribution in [3.05, 3.63) is 34.9 Å². The van der Waals surface area contributed by atoms with Gasteiger partial charge in [-0.15, -0.1) is 12.3 Å². The summed E-state index contributed by atoms with van der Waals surface area (Å²) in [4.78, 5) is 0. The maximum Gasteiger partial charge on any atom is 0.0799 e. The molecule has 0 amide bonds. The number of hydrogen-bond acceptors (Lipinski definition) is 2. The highest BCUT2D eigenvalue weighted by Gasteiger charge is 2.14. The summed E-state index contributed by atoms with van der Waals surface area (Å²) in [7, 11) is 0. The van der Waals surface area contributed by atoms with Crippen LogP contribution in [0.25, 0.3) is 0 Å². The number of ether oxygens (including phenoxy) is 1. The van der Waals surface area contributed by atoms with Gasteiger partial charge in [0.05, 0.1) is 19.3 Å². The van der Waals surface area contributed by atoms with Crippen LogP contribution in [0.2, 0.25) is 0 Å². The van der Waals surface area contributed by atoms with Gasteiger partial charge >= 0.3 is 0 Å². The third-order valence-electron chi connectivity index (χ3n) is 2.69. The Balaban J connectivity index is 2.12. The van der Waals surface area contributed by atoms with E-state index >= 15 is 0 Å². The molecule has 0 aliphatic carbocycles. The van der Waals surface area contributed by atoms with E-state index in [9.17, 15) is 5.11 Å². The molecule has 1 atom stereocenters. The third kappa shape index (κ3) is 2.20. The van der Waals surface area contributed by atoms with Crippen LogP contribution in [0, 0.1) is 12.3 Å². The molecule has 1 unspecified atom stereocenters. The molecule has 1 aromatic carbocycles. The minimum Gasteiger partial charge on any atom is -0.388 e. The van der Waals surface area contributed by atoms with Crippen molar-refractivity contribution < 1.29 is 9.84 Å². The fraction of sp³-hybridized carbons (Fsp3) is 0.385. The molecule has 15 heavy (non-hydrogen) atoms. The Hall–Kier alpha value is -1.30. The van der Waals surface area contributed by atoms with Gasteiger partial charge in [0.1, 0.15) is 0 Å². The van der Waals surface area contributed by atoms with Gasteiger partial charge in [-0.05, 0) is 23.1 Å². The van der Waals surface area contributed by atoms with Gasteiger partial charge in [0.15, 0.2) is 0 Å². The van der Waals surface area contributed by atoms with Crippen LogP contribution in [0.1, 0.15) is 35.6 Å². The van der Waals surface area contributed by atoms with Crippen LogP contribution in [0.3, 0.4) is 0 Å². The SMILES string of the molecule is C#CCCC(O)c1ccc2c(c1)COC2. The van der Waals surface area contributed by atoms with Crippen molar-refractivity contribution >= 4 is 0 Å². The van der Waals surface area contributed by atoms with E-state index < -0.39 is 6.10 Å². The molecule has 0 saturated carbocycles. The second kappa shape index (κ2) is 4.48. The van der Waals surface area contributed by atoms with Crippen LogP contribution in [0.15, 0.2) is 18.2 Å². The molecular weight excluding hydrogens is 188 g/mol. The predicted octanol–water partition coefficient (Wildman–Crippen LogP) is 2.16. The molecule has 0 fully saturated rings. The molecule has 1 aliphatic heterocycles. The second-order valence-corrected chi connectivity index (χ2v) is 3.78. The van der Waals surface area contributed by atoms with Crippen molar-refractivity contribution in [1.82, 2.24) is 0 Å². The smallest absolute Gasteiger partial charge is 0.0799 e. The van der Waals surface area contributed by atoms with E-state index in [4.69, 9.17) is 11.2 Å². The van der Waals surface area contributed by atoms with Crippen LogP contribution >= 0.6 is 0 Å². The second-order valence-electron chi connectivity index (χ2n) is 3.78. The van der Waals surface area contributed by atoms with Gasteiger partial charge in [0, 0.05) is 6.42 Å². The summed E-state index contributed by atoms with van der Waals surface area (Å²) >= 11 is 0. The number of terminal acetylenes is 1. The summed E-state index contributed by atoms with van der Waals surface area (Å²) in [6.45, 7) is 1.35. The number of benzene rings is 1. The maximum atomic E-state index is 9.85. The van der Waals surface area contributed by atoms with Gasteiger partial charge < -0.3 is 9.84 Å². The van der Waals surface area contributed by atoms with E-state index in [-0.39, 0.29) is 0 Å². The Morgan fingerprint density at radius 1 is 1.40 bits per heavy atom. The maximum absolute atomic E-state index is 9.85. The molecule has 0 bridgehead atoms. The van der Waals surface area contributed by atoms with E-state index in [1.807, 2.05) is 18.2 Å². The Kier molecular flexibility index (Phi) is 3.05. The van der Waals surface area contributed by atoms with Gasteiger partial charge in [0.2, 0.25) is 0 Å². The highest BCUT2D eigenvalue weighted by molar-refractivity contribution is 5.34. The Labute approximate surface area is 89.9 Å². The molecule has 2 rings (SSSR count). The Morgan fingerprint density at radius 3 is 3.00 bits per heavy atom. The lowest BCUT2D eigenvalue weighted by Gasteiger charge is -2.10. The number of fused-ring (bicyclic) bond motifs is 1.